The zero-order valence-electron chi connectivity index (χ0n) is 22.5. The summed E-state index contributed by atoms with van der Waals surface area (Å²) < 4.78 is 6.78. The van der Waals surface area contributed by atoms with Gasteiger partial charge in [-0.3, -0.25) is 14.4 Å². The molecule has 3 N–H and O–H groups in total. The fourth-order valence-corrected chi connectivity index (χ4v) is 6.93. The van der Waals surface area contributed by atoms with Gasteiger partial charge in [-0.1, -0.05) is 63.9 Å². The van der Waals surface area contributed by atoms with Gasteiger partial charge in [0, 0.05) is 13.1 Å². The molecule has 8 heteroatoms. The van der Waals surface area contributed by atoms with Crippen molar-refractivity contribution in [2.45, 2.75) is 95.4 Å². The molecule has 0 aliphatic carbocycles. The van der Waals surface area contributed by atoms with Crippen LogP contribution in [0, 0.1) is 11.8 Å². The van der Waals surface area contributed by atoms with Gasteiger partial charge < -0.3 is 25.4 Å². The van der Waals surface area contributed by atoms with Crippen molar-refractivity contribution in [2.24, 2.45) is 11.8 Å². The first-order valence-corrected chi connectivity index (χ1v) is 14.1. The van der Waals surface area contributed by atoms with Crippen molar-refractivity contribution < 1.29 is 24.2 Å². The predicted octanol–water partition coefficient (Wildman–Crippen LogP) is 2.58. The number of hydrogen-bond donors (Lipinski definition) is 3. The number of hydrogen-bond acceptors (Lipinski definition) is 5. The highest BCUT2D eigenvalue weighted by molar-refractivity contribution is 5.99. The molecule has 8 nitrogen and oxygen atoms in total. The monoisotopic (exact) mass is 513 g/mol. The number of ether oxygens (including phenoxy) is 1. The standard InChI is InChI=1S/C29H43N3O5/c1-4-7-11-17-31-26(35)24-29-15-14-28(6-3,37-29)22(25(34)30-16-5-2)23(29)27(36)32(24)21(19-33)18-20-12-9-8-10-13-20/h8-10,12-13,21-24,33H,4-7,11,14-19H2,1-3H3,(H,30,34)(H,31,35)/t21-,22-,23+,24?,28+,29?/m1/s1. The largest absolute Gasteiger partial charge is 0.394 e. The molecule has 3 aliphatic rings. The van der Waals surface area contributed by atoms with Gasteiger partial charge in [0.15, 0.2) is 0 Å². The zero-order chi connectivity index (χ0) is 26.6. The molecule has 4 rings (SSSR count). The summed E-state index contributed by atoms with van der Waals surface area (Å²) in [7, 11) is 0. The van der Waals surface area contributed by atoms with Crippen LogP contribution in [0.4, 0.5) is 0 Å². The van der Waals surface area contributed by atoms with E-state index in [2.05, 4.69) is 17.6 Å². The molecule has 2 unspecified atom stereocenters. The lowest BCUT2D eigenvalue weighted by Gasteiger charge is -2.37. The number of unbranched alkanes of at least 4 members (excludes halogenated alkanes) is 2. The van der Waals surface area contributed by atoms with Crippen molar-refractivity contribution in [1.82, 2.24) is 15.5 Å². The van der Waals surface area contributed by atoms with Gasteiger partial charge in [-0.15, -0.1) is 0 Å². The molecule has 0 radical (unpaired) electrons. The Bertz CT molecular complexity index is 972. The highest BCUT2D eigenvalue weighted by Gasteiger charge is 2.79. The summed E-state index contributed by atoms with van der Waals surface area (Å²) in [6.07, 6.45) is 5.88. The van der Waals surface area contributed by atoms with Crippen LogP contribution < -0.4 is 10.6 Å². The number of carbonyl (C=O) groups is 3. The molecule has 3 saturated heterocycles. The maximum absolute atomic E-state index is 14.3. The normalized spacial score (nSPS) is 30.9. The van der Waals surface area contributed by atoms with Crippen molar-refractivity contribution in [3.8, 4) is 0 Å². The van der Waals surface area contributed by atoms with E-state index in [1.807, 2.05) is 44.2 Å². The quantitative estimate of drug-likeness (QED) is 0.352. The van der Waals surface area contributed by atoms with Crippen LogP contribution in [0.25, 0.3) is 0 Å². The molecule has 3 fully saturated rings. The molecule has 0 saturated carbocycles. The number of rotatable bonds is 13. The van der Waals surface area contributed by atoms with E-state index in [1.165, 1.54) is 0 Å². The van der Waals surface area contributed by atoms with E-state index in [1.54, 1.807) is 4.90 Å². The lowest BCUT2D eigenvalue weighted by atomic mass is 9.65. The molecule has 1 aromatic carbocycles. The number of aliphatic hydroxyl groups excluding tert-OH is 1. The van der Waals surface area contributed by atoms with Crippen LogP contribution in [0.1, 0.15) is 71.3 Å². The summed E-state index contributed by atoms with van der Waals surface area (Å²) >= 11 is 0. The van der Waals surface area contributed by atoms with Gasteiger partial charge in [-0.2, -0.15) is 0 Å². The van der Waals surface area contributed by atoms with Crippen molar-refractivity contribution in [2.75, 3.05) is 19.7 Å². The van der Waals surface area contributed by atoms with Gasteiger partial charge in [0.05, 0.1) is 30.1 Å². The van der Waals surface area contributed by atoms with Crippen molar-refractivity contribution in [3.05, 3.63) is 35.9 Å². The Balaban J connectivity index is 1.72. The Labute approximate surface area is 220 Å². The molecule has 1 spiro atoms. The number of benzene rings is 1. The third kappa shape index (κ3) is 4.78. The number of carbonyl (C=O) groups excluding carboxylic acids is 3. The maximum Gasteiger partial charge on any atom is 0.245 e. The Morgan fingerprint density at radius 2 is 1.78 bits per heavy atom. The van der Waals surface area contributed by atoms with E-state index in [-0.39, 0.29) is 24.3 Å². The molecule has 3 heterocycles. The topological polar surface area (TPSA) is 108 Å². The Morgan fingerprint density at radius 1 is 1.05 bits per heavy atom. The van der Waals surface area contributed by atoms with Crippen LogP contribution >= 0.6 is 0 Å². The van der Waals surface area contributed by atoms with Gasteiger partial charge in [0.2, 0.25) is 17.7 Å². The lowest BCUT2D eigenvalue weighted by molar-refractivity contribution is -0.151. The van der Waals surface area contributed by atoms with Gasteiger partial charge in [0.1, 0.15) is 11.6 Å². The second-order valence-corrected chi connectivity index (χ2v) is 10.9. The first-order chi connectivity index (χ1) is 17.9. The summed E-state index contributed by atoms with van der Waals surface area (Å²) in [5.74, 6) is -2.07. The molecular weight excluding hydrogens is 470 g/mol. The molecule has 204 valence electrons. The van der Waals surface area contributed by atoms with Crippen LogP contribution in [-0.2, 0) is 25.5 Å². The van der Waals surface area contributed by atoms with Gasteiger partial charge in [-0.25, -0.2) is 0 Å². The molecule has 3 amide bonds. The SMILES string of the molecule is CCCCCNC(=O)C1N([C@@H](CO)Cc2ccccc2)C(=O)[C@@H]2[C@H](C(=O)NCCC)[C@]3(CC)CCC12O3. The molecule has 3 aliphatic heterocycles. The summed E-state index contributed by atoms with van der Waals surface area (Å²) in [6, 6.07) is 8.19. The van der Waals surface area contributed by atoms with Gasteiger partial charge in [0.25, 0.3) is 0 Å². The van der Waals surface area contributed by atoms with E-state index in [9.17, 15) is 19.5 Å². The fourth-order valence-electron chi connectivity index (χ4n) is 6.93. The van der Waals surface area contributed by atoms with Gasteiger partial charge >= 0.3 is 0 Å². The van der Waals surface area contributed by atoms with E-state index in [0.717, 1.165) is 31.2 Å². The molecule has 2 bridgehead atoms. The Kier molecular flexibility index (Phi) is 8.59. The van der Waals surface area contributed by atoms with Crippen molar-refractivity contribution in [3.63, 3.8) is 0 Å². The second kappa shape index (κ2) is 11.5. The number of aliphatic hydroxyl groups is 1. The molecule has 6 atom stereocenters. The van der Waals surface area contributed by atoms with Crippen molar-refractivity contribution in [1.29, 1.82) is 0 Å². The van der Waals surface area contributed by atoms with E-state index in [4.69, 9.17) is 4.74 Å². The molecule has 1 aromatic rings. The first kappa shape index (κ1) is 27.6. The van der Waals surface area contributed by atoms with Crippen LogP contribution in [-0.4, -0.2) is 70.7 Å². The van der Waals surface area contributed by atoms with Crippen molar-refractivity contribution >= 4 is 17.7 Å². The predicted molar refractivity (Wildman–Crippen MR) is 141 cm³/mol. The maximum atomic E-state index is 14.3. The minimum Gasteiger partial charge on any atom is -0.394 e. The summed E-state index contributed by atoms with van der Waals surface area (Å²) in [5.41, 5.74) is -0.849. The van der Waals surface area contributed by atoms with Crippen LogP contribution in [0.2, 0.25) is 0 Å². The fraction of sp³-hybridized carbons (Fsp3) is 0.690. The second-order valence-electron chi connectivity index (χ2n) is 10.9. The molecule has 37 heavy (non-hydrogen) atoms. The average Bonchev–Trinajstić information content (AvgIpc) is 3.52. The van der Waals surface area contributed by atoms with Crippen LogP contribution in [0.15, 0.2) is 30.3 Å². The zero-order valence-corrected chi connectivity index (χ0v) is 22.5. The highest BCUT2D eigenvalue weighted by Crippen LogP contribution is 2.64. The summed E-state index contributed by atoms with van der Waals surface area (Å²) in [5, 5.41) is 16.5. The lowest BCUT2D eigenvalue weighted by Crippen LogP contribution is -2.58. The third-order valence-corrected chi connectivity index (χ3v) is 8.70. The minimum atomic E-state index is -1.07. The van der Waals surface area contributed by atoms with E-state index >= 15 is 0 Å². The Hall–Kier alpha value is -2.45. The number of likely N-dealkylation sites (tertiary alicyclic amines) is 1. The number of nitrogens with zero attached hydrogens (tertiary/aromatic N) is 1. The molecule has 0 aromatic heterocycles. The van der Waals surface area contributed by atoms with E-state index in [0.29, 0.717) is 38.8 Å². The minimum absolute atomic E-state index is 0.170. The molecular formula is C29H43N3O5. The third-order valence-electron chi connectivity index (χ3n) is 8.70. The summed E-state index contributed by atoms with van der Waals surface area (Å²) in [4.78, 5) is 43.2. The summed E-state index contributed by atoms with van der Waals surface area (Å²) in [6.45, 7) is 6.86. The first-order valence-electron chi connectivity index (χ1n) is 14.1. The number of fused-ring (bicyclic) bond motifs is 1. The smallest absolute Gasteiger partial charge is 0.245 e. The van der Waals surface area contributed by atoms with Gasteiger partial charge in [-0.05, 0) is 44.1 Å². The highest BCUT2D eigenvalue weighted by atomic mass is 16.5. The van der Waals surface area contributed by atoms with E-state index < -0.39 is 35.1 Å². The van der Waals surface area contributed by atoms with Crippen LogP contribution in [0.3, 0.4) is 0 Å². The number of nitrogens with one attached hydrogen (secondary N) is 2. The average molecular weight is 514 g/mol. The van der Waals surface area contributed by atoms with Crippen LogP contribution in [0.5, 0.6) is 0 Å². The number of amides is 3. The Morgan fingerprint density at radius 3 is 2.43 bits per heavy atom.